The molecule has 9 heavy (non-hydrogen) atoms. The second kappa shape index (κ2) is 2.35. The first-order chi connectivity index (χ1) is 4.24. The molecule has 0 bridgehead atoms. The van der Waals surface area contributed by atoms with Gasteiger partial charge in [-0.3, -0.25) is 4.79 Å². The lowest BCUT2D eigenvalue weighted by molar-refractivity contribution is -0.145. The largest absolute Gasteiger partial charge is 0.468 e. The van der Waals surface area contributed by atoms with Gasteiger partial charge in [-0.25, -0.2) is 0 Å². The van der Waals surface area contributed by atoms with E-state index in [0.717, 1.165) is 6.42 Å². The molecule has 1 N–H and O–H groups in total. The summed E-state index contributed by atoms with van der Waals surface area (Å²) in [5.74, 6) is -0.145. The van der Waals surface area contributed by atoms with Crippen molar-refractivity contribution >= 4 is 5.97 Å². The minimum atomic E-state index is -0.145. The molecule has 0 saturated carbocycles. The van der Waals surface area contributed by atoms with Crippen molar-refractivity contribution < 1.29 is 9.53 Å². The van der Waals surface area contributed by atoms with Crippen LogP contribution >= 0.6 is 0 Å². The highest BCUT2D eigenvalue weighted by Crippen LogP contribution is 2.11. The number of esters is 1. The normalized spacial score (nSPS) is 33.1. The molecule has 2 atom stereocenters. The Morgan fingerprint density at radius 1 is 1.78 bits per heavy atom. The van der Waals surface area contributed by atoms with Gasteiger partial charge in [-0.2, -0.15) is 0 Å². The van der Waals surface area contributed by atoms with E-state index in [-0.39, 0.29) is 12.0 Å². The maximum Gasteiger partial charge on any atom is 0.322 e. The molecule has 0 aliphatic carbocycles. The number of ether oxygens (including phenoxy) is 1. The third-order valence-corrected chi connectivity index (χ3v) is 1.56. The van der Waals surface area contributed by atoms with Crippen LogP contribution in [0, 0.1) is 0 Å². The van der Waals surface area contributed by atoms with E-state index in [1.807, 2.05) is 6.92 Å². The van der Waals surface area contributed by atoms with E-state index >= 15 is 0 Å². The molecule has 1 aliphatic heterocycles. The second-order valence-electron chi connectivity index (χ2n) is 2.38. The van der Waals surface area contributed by atoms with Crippen molar-refractivity contribution in [3.05, 3.63) is 0 Å². The van der Waals surface area contributed by atoms with Crippen LogP contribution in [0.4, 0.5) is 0 Å². The lowest BCUT2D eigenvalue weighted by Gasteiger charge is -2.32. The lowest BCUT2D eigenvalue weighted by Crippen LogP contribution is -2.55. The van der Waals surface area contributed by atoms with E-state index in [1.54, 1.807) is 0 Å². The van der Waals surface area contributed by atoms with Crippen LogP contribution in [0.25, 0.3) is 0 Å². The highest BCUT2D eigenvalue weighted by atomic mass is 16.5. The van der Waals surface area contributed by atoms with Crippen LogP contribution < -0.4 is 5.32 Å². The Kier molecular flexibility index (Phi) is 1.71. The summed E-state index contributed by atoms with van der Waals surface area (Å²) in [5, 5.41) is 3.02. The van der Waals surface area contributed by atoms with Crippen molar-refractivity contribution in [3.63, 3.8) is 0 Å². The van der Waals surface area contributed by atoms with Crippen LogP contribution in [0.2, 0.25) is 0 Å². The summed E-state index contributed by atoms with van der Waals surface area (Å²) in [6.45, 7) is 2.04. The number of methoxy groups -OCH3 is 1. The van der Waals surface area contributed by atoms with E-state index in [9.17, 15) is 4.79 Å². The zero-order chi connectivity index (χ0) is 6.85. The Labute approximate surface area is 54.4 Å². The van der Waals surface area contributed by atoms with Gasteiger partial charge in [0.1, 0.15) is 6.04 Å². The van der Waals surface area contributed by atoms with Crippen LogP contribution in [-0.2, 0) is 9.53 Å². The van der Waals surface area contributed by atoms with Crippen molar-refractivity contribution in [2.75, 3.05) is 7.11 Å². The van der Waals surface area contributed by atoms with E-state index in [2.05, 4.69) is 10.1 Å². The Morgan fingerprint density at radius 2 is 2.33 bits per heavy atom. The van der Waals surface area contributed by atoms with Crippen LogP contribution in [-0.4, -0.2) is 25.2 Å². The van der Waals surface area contributed by atoms with Gasteiger partial charge in [0, 0.05) is 6.04 Å². The standard InChI is InChI=1S/C6H11NO2/c1-4-3-5(7-4)6(8)9-2/h4-5,7H,3H2,1-2H3/t4-,5+/m0/s1. The highest BCUT2D eigenvalue weighted by molar-refractivity contribution is 5.76. The number of carbonyl (C=O) groups is 1. The predicted molar refractivity (Wildman–Crippen MR) is 33.0 cm³/mol. The molecule has 0 spiro atoms. The molecule has 1 rings (SSSR count). The van der Waals surface area contributed by atoms with Crippen molar-refractivity contribution in [1.82, 2.24) is 5.32 Å². The number of hydrogen-bond acceptors (Lipinski definition) is 3. The molecular formula is C6H11NO2. The fourth-order valence-corrected chi connectivity index (χ4v) is 0.979. The first kappa shape index (κ1) is 6.55. The maximum absolute atomic E-state index is 10.7. The molecule has 0 radical (unpaired) electrons. The van der Waals surface area contributed by atoms with Gasteiger partial charge in [-0.1, -0.05) is 0 Å². The van der Waals surface area contributed by atoms with Gasteiger partial charge in [-0.05, 0) is 13.3 Å². The van der Waals surface area contributed by atoms with E-state index in [0.29, 0.717) is 6.04 Å². The minimum Gasteiger partial charge on any atom is -0.468 e. The molecule has 52 valence electrons. The Bertz CT molecular complexity index is 118. The van der Waals surface area contributed by atoms with Gasteiger partial charge in [0.15, 0.2) is 0 Å². The van der Waals surface area contributed by atoms with Gasteiger partial charge in [0.2, 0.25) is 0 Å². The van der Waals surface area contributed by atoms with Crippen molar-refractivity contribution in [3.8, 4) is 0 Å². The molecule has 1 aliphatic rings. The Balaban J connectivity index is 2.23. The second-order valence-corrected chi connectivity index (χ2v) is 2.38. The van der Waals surface area contributed by atoms with E-state index < -0.39 is 0 Å². The first-order valence-corrected chi connectivity index (χ1v) is 3.08. The average molecular weight is 129 g/mol. The van der Waals surface area contributed by atoms with Gasteiger partial charge in [0.25, 0.3) is 0 Å². The van der Waals surface area contributed by atoms with Gasteiger partial charge in [-0.15, -0.1) is 0 Å². The topological polar surface area (TPSA) is 38.3 Å². The van der Waals surface area contributed by atoms with Crippen molar-refractivity contribution in [1.29, 1.82) is 0 Å². The predicted octanol–water partition coefficient (Wildman–Crippen LogP) is -0.0902. The average Bonchev–Trinajstić information content (AvgIpc) is 1.79. The van der Waals surface area contributed by atoms with Gasteiger partial charge in [0.05, 0.1) is 7.11 Å². The first-order valence-electron chi connectivity index (χ1n) is 3.08. The fraction of sp³-hybridized carbons (Fsp3) is 0.833. The zero-order valence-electron chi connectivity index (χ0n) is 5.68. The Hall–Kier alpha value is -0.570. The smallest absolute Gasteiger partial charge is 0.322 e. The monoisotopic (exact) mass is 129 g/mol. The molecule has 1 heterocycles. The summed E-state index contributed by atoms with van der Waals surface area (Å²) < 4.78 is 4.50. The summed E-state index contributed by atoms with van der Waals surface area (Å²) in [7, 11) is 1.41. The molecule has 3 nitrogen and oxygen atoms in total. The molecule has 1 fully saturated rings. The van der Waals surface area contributed by atoms with E-state index in [1.165, 1.54) is 7.11 Å². The Morgan fingerprint density at radius 3 is 2.67 bits per heavy atom. The molecule has 0 unspecified atom stereocenters. The highest BCUT2D eigenvalue weighted by Gasteiger charge is 2.30. The van der Waals surface area contributed by atoms with Crippen LogP contribution in [0.3, 0.4) is 0 Å². The minimum absolute atomic E-state index is 0.0370. The maximum atomic E-state index is 10.7. The van der Waals surface area contributed by atoms with Gasteiger partial charge < -0.3 is 10.1 Å². The van der Waals surface area contributed by atoms with Crippen molar-refractivity contribution in [2.45, 2.75) is 25.4 Å². The SMILES string of the molecule is COC(=O)[C@H]1C[C@H](C)N1. The molecule has 0 aromatic rings. The number of hydrogen-bond donors (Lipinski definition) is 1. The summed E-state index contributed by atoms with van der Waals surface area (Å²) in [4.78, 5) is 10.7. The summed E-state index contributed by atoms with van der Waals surface area (Å²) in [6, 6.07) is 0.444. The molecule has 1 saturated heterocycles. The quantitative estimate of drug-likeness (QED) is 0.503. The molecule has 3 heteroatoms. The fourth-order valence-electron chi connectivity index (χ4n) is 0.979. The van der Waals surface area contributed by atoms with E-state index in [4.69, 9.17) is 0 Å². The zero-order valence-corrected chi connectivity index (χ0v) is 5.68. The summed E-state index contributed by atoms with van der Waals surface area (Å²) in [5.41, 5.74) is 0. The molecule has 0 amide bonds. The lowest BCUT2D eigenvalue weighted by atomic mass is 9.99. The number of nitrogens with one attached hydrogen (secondary N) is 1. The van der Waals surface area contributed by atoms with Gasteiger partial charge >= 0.3 is 5.97 Å². The van der Waals surface area contributed by atoms with Crippen LogP contribution in [0.1, 0.15) is 13.3 Å². The van der Waals surface area contributed by atoms with Crippen LogP contribution in [0.15, 0.2) is 0 Å². The third-order valence-electron chi connectivity index (χ3n) is 1.56. The summed E-state index contributed by atoms with van der Waals surface area (Å²) in [6.07, 6.45) is 0.909. The number of carbonyl (C=O) groups excluding carboxylic acids is 1. The molecule has 0 aromatic heterocycles. The molecule has 0 aromatic carbocycles. The third kappa shape index (κ3) is 1.21. The van der Waals surface area contributed by atoms with Crippen LogP contribution in [0.5, 0.6) is 0 Å². The molecular weight excluding hydrogens is 118 g/mol. The summed E-state index contributed by atoms with van der Waals surface area (Å²) >= 11 is 0. The number of rotatable bonds is 1. The van der Waals surface area contributed by atoms with Crippen molar-refractivity contribution in [2.24, 2.45) is 0 Å².